The van der Waals surface area contributed by atoms with Crippen LogP contribution in [0.5, 0.6) is 11.5 Å². The maximum absolute atomic E-state index is 13.2. The maximum atomic E-state index is 13.2. The van der Waals surface area contributed by atoms with Crippen LogP contribution >= 0.6 is 0 Å². The minimum absolute atomic E-state index is 0.0585. The molecule has 1 aliphatic rings. The third-order valence-corrected chi connectivity index (χ3v) is 6.25. The Labute approximate surface area is 203 Å². The van der Waals surface area contributed by atoms with Crippen molar-refractivity contribution >= 4 is 22.6 Å². The highest BCUT2D eigenvalue weighted by molar-refractivity contribution is 6.05. The molecule has 2 heterocycles. The predicted molar refractivity (Wildman–Crippen MR) is 132 cm³/mol. The third kappa shape index (κ3) is 4.99. The number of hydrogen-bond acceptors (Lipinski definition) is 6. The Morgan fingerprint density at radius 3 is 2.31 bits per heavy atom. The quantitative estimate of drug-likeness (QED) is 0.584. The second kappa shape index (κ2) is 10.2. The van der Waals surface area contributed by atoms with Gasteiger partial charge in [-0.15, -0.1) is 0 Å². The topological polar surface area (TPSA) is 103 Å². The van der Waals surface area contributed by atoms with E-state index in [0.717, 1.165) is 11.1 Å². The fourth-order valence-corrected chi connectivity index (χ4v) is 4.71. The summed E-state index contributed by atoms with van der Waals surface area (Å²) < 4.78 is 11.8. The van der Waals surface area contributed by atoms with Crippen LogP contribution in [0.1, 0.15) is 30.8 Å². The van der Waals surface area contributed by atoms with E-state index in [2.05, 4.69) is 24.3 Å². The zero-order valence-electron chi connectivity index (χ0n) is 20.4. The molecule has 3 aromatic rings. The smallest absolute Gasteiger partial charge is 0.279 e. The van der Waals surface area contributed by atoms with E-state index in [4.69, 9.17) is 9.47 Å². The number of benzene rings is 2. The van der Waals surface area contributed by atoms with Gasteiger partial charge in [-0.3, -0.25) is 14.4 Å². The number of nitrogens with one attached hydrogen (secondary N) is 1. The maximum Gasteiger partial charge on any atom is 0.279 e. The molecule has 1 N–H and O–H groups in total. The van der Waals surface area contributed by atoms with E-state index in [0.29, 0.717) is 52.9 Å². The molecule has 0 saturated carbocycles. The largest absolute Gasteiger partial charge is 0.493 e. The third-order valence-electron chi connectivity index (χ3n) is 6.25. The van der Waals surface area contributed by atoms with Gasteiger partial charge >= 0.3 is 0 Å². The monoisotopic (exact) mass is 478 g/mol. The lowest BCUT2D eigenvalue weighted by Gasteiger charge is -2.35. The number of fused-ring (bicyclic) bond motifs is 1. The first-order valence-electron chi connectivity index (χ1n) is 11.6. The van der Waals surface area contributed by atoms with Crippen molar-refractivity contribution in [2.24, 2.45) is 11.8 Å². The minimum Gasteiger partial charge on any atom is -0.493 e. The Morgan fingerprint density at radius 2 is 1.66 bits per heavy atom. The van der Waals surface area contributed by atoms with Crippen LogP contribution in [0.4, 0.5) is 0 Å². The molecule has 9 heteroatoms. The number of aromatic nitrogens is 2. The molecule has 4 rings (SSSR count). The predicted octanol–water partition coefficient (Wildman–Crippen LogP) is 2.64. The van der Waals surface area contributed by atoms with Crippen LogP contribution in [-0.4, -0.2) is 60.3 Å². The van der Waals surface area contributed by atoms with Crippen molar-refractivity contribution in [3.05, 3.63) is 58.5 Å². The SMILES string of the molecule is COc1ccc(-n2nc(C(=O)NCC(=O)N3C[C@H](C)C[C@H](C)C3)c3ccccc3c2=O)cc1OC. The average molecular weight is 479 g/mol. The summed E-state index contributed by atoms with van der Waals surface area (Å²) in [6, 6.07) is 11.7. The van der Waals surface area contributed by atoms with E-state index in [9.17, 15) is 14.4 Å². The summed E-state index contributed by atoms with van der Waals surface area (Å²) in [5.74, 6) is 1.12. The number of carbonyl (C=O) groups excluding carboxylic acids is 2. The summed E-state index contributed by atoms with van der Waals surface area (Å²) in [4.78, 5) is 41.0. The average Bonchev–Trinajstić information content (AvgIpc) is 2.86. The lowest BCUT2D eigenvalue weighted by molar-refractivity contribution is -0.132. The van der Waals surface area contributed by atoms with Gasteiger partial charge < -0.3 is 19.7 Å². The normalized spacial score (nSPS) is 17.8. The lowest BCUT2D eigenvalue weighted by Crippen LogP contribution is -2.47. The van der Waals surface area contributed by atoms with Crippen LogP contribution in [0.25, 0.3) is 16.5 Å². The van der Waals surface area contributed by atoms with E-state index >= 15 is 0 Å². The Kier molecular flexibility index (Phi) is 7.04. The molecule has 9 nitrogen and oxygen atoms in total. The van der Waals surface area contributed by atoms with Crippen LogP contribution in [0.15, 0.2) is 47.3 Å². The fourth-order valence-electron chi connectivity index (χ4n) is 4.71. The van der Waals surface area contributed by atoms with Gasteiger partial charge in [-0.2, -0.15) is 9.78 Å². The molecule has 2 amide bonds. The number of amides is 2. The van der Waals surface area contributed by atoms with Crippen LogP contribution in [0, 0.1) is 11.8 Å². The van der Waals surface area contributed by atoms with E-state index < -0.39 is 5.91 Å². The van der Waals surface area contributed by atoms with Crippen molar-refractivity contribution in [3.8, 4) is 17.2 Å². The van der Waals surface area contributed by atoms with Gasteiger partial charge in [0, 0.05) is 24.5 Å². The molecule has 0 bridgehead atoms. The zero-order valence-corrected chi connectivity index (χ0v) is 20.4. The highest BCUT2D eigenvalue weighted by Gasteiger charge is 2.26. The Balaban J connectivity index is 1.66. The van der Waals surface area contributed by atoms with Crippen molar-refractivity contribution in [3.63, 3.8) is 0 Å². The summed E-state index contributed by atoms with van der Waals surface area (Å²) in [5.41, 5.74) is 0.0970. The molecule has 0 spiro atoms. The van der Waals surface area contributed by atoms with Crippen molar-refractivity contribution in [1.82, 2.24) is 20.0 Å². The number of likely N-dealkylation sites (tertiary alicyclic amines) is 1. The summed E-state index contributed by atoms with van der Waals surface area (Å²) in [6.45, 7) is 5.49. The molecule has 1 fully saturated rings. The molecule has 0 unspecified atom stereocenters. The summed E-state index contributed by atoms with van der Waals surface area (Å²) >= 11 is 0. The van der Waals surface area contributed by atoms with Gasteiger partial charge in [0.15, 0.2) is 17.2 Å². The molecule has 1 saturated heterocycles. The molecule has 1 aliphatic heterocycles. The highest BCUT2D eigenvalue weighted by Crippen LogP contribution is 2.29. The van der Waals surface area contributed by atoms with Crippen molar-refractivity contribution < 1.29 is 19.1 Å². The molecule has 184 valence electrons. The minimum atomic E-state index is -0.526. The molecule has 35 heavy (non-hydrogen) atoms. The van der Waals surface area contributed by atoms with Crippen molar-refractivity contribution in [2.75, 3.05) is 33.9 Å². The van der Waals surface area contributed by atoms with Gasteiger partial charge in [0.2, 0.25) is 5.91 Å². The molecule has 2 atom stereocenters. The second-order valence-corrected chi connectivity index (χ2v) is 9.08. The first-order chi connectivity index (χ1) is 16.8. The number of rotatable bonds is 6. The number of methoxy groups -OCH3 is 2. The molecular weight excluding hydrogens is 448 g/mol. The number of piperidine rings is 1. The van der Waals surface area contributed by atoms with E-state index in [1.54, 1.807) is 47.4 Å². The van der Waals surface area contributed by atoms with Gasteiger partial charge in [-0.05, 0) is 36.5 Å². The second-order valence-electron chi connectivity index (χ2n) is 9.08. The van der Waals surface area contributed by atoms with Gasteiger partial charge in [0.25, 0.3) is 11.5 Å². The molecule has 0 aliphatic carbocycles. The van der Waals surface area contributed by atoms with E-state index in [-0.39, 0.29) is 23.7 Å². The Hall–Kier alpha value is -3.88. The lowest BCUT2D eigenvalue weighted by atomic mass is 9.92. The van der Waals surface area contributed by atoms with Crippen LogP contribution in [0.3, 0.4) is 0 Å². The molecular formula is C26H30N4O5. The van der Waals surface area contributed by atoms with Gasteiger partial charge in [0.1, 0.15) is 0 Å². The van der Waals surface area contributed by atoms with E-state index in [1.807, 2.05) is 0 Å². The Morgan fingerprint density at radius 1 is 1.00 bits per heavy atom. The first kappa shape index (κ1) is 24.3. The summed E-state index contributed by atoms with van der Waals surface area (Å²) in [6.07, 6.45) is 1.09. The zero-order chi connectivity index (χ0) is 25.1. The van der Waals surface area contributed by atoms with Gasteiger partial charge in [-0.25, -0.2) is 0 Å². The van der Waals surface area contributed by atoms with Crippen LogP contribution < -0.4 is 20.3 Å². The van der Waals surface area contributed by atoms with Crippen molar-refractivity contribution in [1.29, 1.82) is 0 Å². The summed E-state index contributed by atoms with van der Waals surface area (Å²) in [7, 11) is 3.02. The van der Waals surface area contributed by atoms with Gasteiger partial charge in [-0.1, -0.05) is 32.0 Å². The number of carbonyl (C=O) groups is 2. The number of ether oxygens (including phenoxy) is 2. The number of nitrogens with zero attached hydrogens (tertiary/aromatic N) is 3. The first-order valence-corrected chi connectivity index (χ1v) is 11.6. The summed E-state index contributed by atoms with van der Waals surface area (Å²) in [5, 5.41) is 7.85. The van der Waals surface area contributed by atoms with Gasteiger partial charge in [0.05, 0.1) is 31.8 Å². The number of hydrogen-bond donors (Lipinski definition) is 1. The highest BCUT2D eigenvalue weighted by atomic mass is 16.5. The van der Waals surface area contributed by atoms with Crippen molar-refractivity contribution in [2.45, 2.75) is 20.3 Å². The Bertz CT molecular complexity index is 1310. The fraction of sp³-hybridized carbons (Fsp3) is 0.385. The van der Waals surface area contributed by atoms with E-state index in [1.165, 1.54) is 14.2 Å². The van der Waals surface area contributed by atoms with Crippen LogP contribution in [0.2, 0.25) is 0 Å². The molecule has 0 radical (unpaired) electrons. The standard InChI is InChI=1S/C26H30N4O5/c1-16-11-17(2)15-29(14-16)23(31)13-27-25(32)24-19-7-5-6-8-20(19)26(33)30(28-24)18-9-10-21(34-3)22(12-18)35-4/h5-10,12,16-17H,11,13-15H2,1-4H3,(H,27,32)/t16-,17+. The molecule has 1 aromatic heterocycles. The molecule has 2 aromatic carbocycles. The van der Waals surface area contributed by atoms with Crippen LogP contribution in [-0.2, 0) is 4.79 Å².